The zero-order valence-electron chi connectivity index (χ0n) is 5.24. The van der Waals surface area contributed by atoms with Crippen molar-refractivity contribution < 1.29 is 8.42 Å². The van der Waals surface area contributed by atoms with E-state index in [1.807, 2.05) is 0 Å². The SMILES string of the molecule is [CH2-]N1CCN(C)S1(=O)=O. The van der Waals surface area contributed by atoms with Gasteiger partial charge in [-0.1, -0.05) is 0 Å². The van der Waals surface area contributed by atoms with Gasteiger partial charge in [-0.3, -0.25) is 7.05 Å². The van der Waals surface area contributed by atoms with Gasteiger partial charge in [-0.15, -0.1) is 0 Å². The second-order valence-corrected chi connectivity index (χ2v) is 4.04. The van der Waals surface area contributed by atoms with E-state index in [4.69, 9.17) is 0 Å². The van der Waals surface area contributed by atoms with E-state index in [-0.39, 0.29) is 0 Å². The van der Waals surface area contributed by atoms with E-state index in [9.17, 15) is 8.42 Å². The molecule has 1 heterocycles. The molecule has 0 aromatic heterocycles. The molecule has 0 amide bonds. The van der Waals surface area contributed by atoms with Gasteiger partial charge in [0.1, 0.15) is 0 Å². The second kappa shape index (κ2) is 1.93. The summed E-state index contributed by atoms with van der Waals surface area (Å²) in [6.45, 7) is 1.05. The Labute approximate surface area is 55.2 Å². The first-order valence-corrected chi connectivity index (χ1v) is 3.99. The normalized spacial score (nSPS) is 29.1. The third kappa shape index (κ3) is 0.953. The minimum atomic E-state index is -3.15. The van der Waals surface area contributed by atoms with Crippen LogP contribution >= 0.6 is 0 Å². The van der Waals surface area contributed by atoms with Gasteiger partial charge >= 0.3 is 0 Å². The van der Waals surface area contributed by atoms with E-state index >= 15 is 0 Å². The Balaban J connectivity index is 2.93. The minimum absolute atomic E-state index is 0.499. The highest BCUT2D eigenvalue weighted by atomic mass is 32.2. The van der Waals surface area contributed by atoms with Crippen molar-refractivity contribution in [1.29, 1.82) is 0 Å². The van der Waals surface area contributed by atoms with Crippen LogP contribution in [0, 0.1) is 7.05 Å². The fourth-order valence-electron chi connectivity index (χ4n) is 0.680. The minimum Gasteiger partial charge on any atom is -0.340 e. The summed E-state index contributed by atoms with van der Waals surface area (Å²) in [6.07, 6.45) is 0. The molecule has 1 rings (SSSR count). The summed E-state index contributed by atoms with van der Waals surface area (Å²) in [5.74, 6) is 0. The first-order chi connectivity index (χ1) is 4.05. The van der Waals surface area contributed by atoms with Gasteiger partial charge in [0.2, 0.25) is 0 Å². The van der Waals surface area contributed by atoms with E-state index in [2.05, 4.69) is 7.05 Å². The lowest BCUT2D eigenvalue weighted by atomic mass is 10.6. The molecule has 0 atom stereocenters. The molecule has 0 radical (unpaired) electrons. The highest BCUT2D eigenvalue weighted by Gasteiger charge is 2.25. The van der Waals surface area contributed by atoms with Gasteiger partial charge in [-0.05, 0) is 6.54 Å². The second-order valence-electron chi connectivity index (χ2n) is 2.00. The number of rotatable bonds is 0. The van der Waals surface area contributed by atoms with Crippen LogP contribution in [0.1, 0.15) is 0 Å². The van der Waals surface area contributed by atoms with Gasteiger partial charge < -0.3 is 4.31 Å². The fraction of sp³-hybridized carbons (Fsp3) is 0.750. The highest BCUT2D eigenvalue weighted by Crippen LogP contribution is 2.10. The predicted molar refractivity (Wildman–Crippen MR) is 33.6 cm³/mol. The monoisotopic (exact) mass is 149 g/mol. The lowest BCUT2D eigenvalue weighted by Crippen LogP contribution is -2.26. The third-order valence-electron chi connectivity index (χ3n) is 1.38. The molecule has 1 aliphatic rings. The summed E-state index contributed by atoms with van der Waals surface area (Å²) in [5.41, 5.74) is 0. The van der Waals surface area contributed by atoms with Crippen molar-refractivity contribution in [3.63, 3.8) is 0 Å². The van der Waals surface area contributed by atoms with Crippen molar-refractivity contribution in [3.05, 3.63) is 7.05 Å². The van der Waals surface area contributed by atoms with E-state index in [1.54, 1.807) is 7.05 Å². The van der Waals surface area contributed by atoms with Crippen molar-refractivity contribution in [1.82, 2.24) is 8.61 Å². The Morgan fingerprint density at radius 2 is 2.00 bits per heavy atom. The van der Waals surface area contributed by atoms with E-state index in [0.717, 1.165) is 4.31 Å². The Bertz CT molecular complexity index is 183. The molecule has 1 fully saturated rings. The number of likely N-dealkylation sites (N-methyl/N-ethyl adjacent to an activating group) is 1. The van der Waals surface area contributed by atoms with Gasteiger partial charge in [0, 0.05) is 13.6 Å². The molecule has 0 spiro atoms. The van der Waals surface area contributed by atoms with Crippen molar-refractivity contribution >= 4 is 10.2 Å². The van der Waals surface area contributed by atoms with Crippen LogP contribution in [0.15, 0.2) is 0 Å². The van der Waals surface area contributed by atoms with Crippen LogP contribution in [-0.4, -0.2) is 37.2 Å². The van der Waals surface area contributed by atoms with Crippen molar-refractivity contribution in [2.45, 2.75) is 0 Å². The Morgan fingerprint density at radius 3 is 2.11 bits per heavy atom. The molecule has 0 saturated carbocycles. The molecule has 1 saturated heterocycles. The van der Waals surface area contributed by atoms with Crippen LogP contribution in [0.4, 0.5) is 0 Å². The van der Waals surface area contributed by atoms with Gasteiger partial charge in [-0.25, -0.2) is 0 Å². The molecule has 0 bridgehead atoms. The summed E-state index contributed by atoms with van der Waals surface area (Å²) in [7, 11) is 1.74. The first kappa shape index (κ1) is 6.98. The molecule has 0 unspecified atom stereocenters. The average molecular weight is 149 g/mol. The summed E-state index contributed by atoms with van der Waals surface area (Å²) >= 11 is 0. The molecule has 54 valence electrons. The van der Waals surface area contributed by atoms with Crippen LogP contribution in [0.3, 0.4) is 0 Å². The Hall–Kier alpha value is -0.130. The highest BCUT2D eigenvalue weighted by molar-refractivity contribution is 7.87. The van der Waals surface area contributed by atoms with Crippen molar-refractivity contribution in [2.24, 2.45) is 0 Å². The lowest BCUT2D eigenvalue weighted by molar-refractivity contribution is 0.502. The summed E-state index contributed by atoms with van der Waals surface area (Å²) in [5, 5.41) is 0. The third-order valence-corrected chi connectivity index (χ3v) is 3.19. The predicted octanol–water partition coefficient (Wildman–Crippen LogP) is -0.730. The fourth-order valence-corrected chi connectivity index (χ4v) is 1.70. The van der Waals surface area contributed by atoms with E-state index in [0.29, 0.717) is 13.1 Å². The van der Waals surface area contributed by atoms with Crippen molar-refractivity contribution in [3.8, 4) is 0 Å². The van der Waals surface area contributed by atoms with Crippen LogP contribution in [0.2, 0.25) is 0 Å². The zero-order valence-corrected chi connectivity index (χ0v) is 6.06. The number of nitrogens with zero attached hydrogens (tertiary/aromatic N) is 2. The molecule has 1 aliphatic heterocycles. The largest absolute Gasteiger partial charge is 0.340 e. The van der Waals surface area contributed by atoms with Crippen LogP contribution in [0.5, 0.6) is 0 Å². The van der Waals surface area contributed by atoms with Gasteiger partial charge in [0.05, 0.1) is 0 Å². The van der Waals surface area contributed by atoms with Crippen molar-refractivity contribution in [2.75, 3.05) is 20.1 Å². The molecule has 5 heteroatoms. The first-order valence-electron chi connectivity index (χ1n) is 2.59. The zero-order chi connectivity index (χ0) is 7.07. The summed E-state index contributed by atoms with van der Waals surface area (Å²) in [6, 6.07) is 0. The average Bonchev–Trinajstić information content (AvgIpc) is 1.96. The lowest BCUT2D eigenvalue weighted by Gasteiger charge is -2.15. The van der Waals surface area contributed by atoms with E-state index in [1.165, 1.54) is 4.31 Å². The molecule has 4 nitrogen and oxygen atoms in total. The van der Waals surface area contributed by atoms with Gasteiger partial charge in [-0.2, -0.15) is 12.7 Å². The molecular formula is C4H9N2O2S-. The maximum Gasteiger partial charge on any atom is 0.254 e. The Kier molecular flexibility index (Phi) is 1.50. The van der Waals surface area contributed by atoms with Crippen LogP contribution in [-0.2, 0) is 10.2 Å². The molecule has 0 aliphatic carbocycles. The van der Waals surface area contributed by atoms with E-state index < -0.39 is 10.2 Å². The molecule has 0 aromatic rings. The number of hydrogen-bond donors (Lipinski definition) is 0. The quantitative estimate of drug-likeness (QED) is 0.426. The number of hydrogen-bond acceptors (Lipinski definition) is 2. The van der Waals surface area contributed by atoms with Crippen LogP contribution < -0.4 is 0 Å². The molecular weight excluding hydrogens is 140 g/mol. The summed E-state index contributed by atoms with van der Waals surface area (Å²) < 4.78 is 24.1. The topological polar surface area (TPSA) is 40.6 Å². The summed E-state index contributed by atoms with van der Waals surface area (Å²) in [4.78, 5) is 0. The maximum atomic E-state index is 10.9. The molecule has 0 N–H and O–H groups in total. The van der Waals surface area contributed by atoms with Gasteiger partial charge in [0.15, 0.2) is 0 Å². The molecule has 9 heavy (non-hydrogen) atoms. The Morgan fingerprint density at radius 1 is 1.44 bits per heavy atom. The standard InChI is InChI=1S/C4H9N2O2S/c1-5-3-4-6(2)9(5,7)8/h1,3-4H2,2H3/q-1. The molecule has 0 aromatic carbocycles. The smallest absolute Gasteiger partial charge is 0.254 e. The van der Waals surface area contributed by atoms with Crippen LogP contribution in [0.25, 0.3) is 0 Å². The maximum absolute atomic E-state index is 10.9. The van der Waals surface area contributed by atoms with Gasteiger partial charge in [0.25, 0.3) is 10.2 Å².